The molecule has 0 aliphatic carbocycles. The fourth-order valence-electron chi connectivity index (χ4n) is 2.42. The maximum absolute atomic E-state index is 12.2. The molecule has 1 amide bonds. The first-order chi connectivity index (χ1) is 8.70. The van der Waals surface area contributed by atoms with Crippen molar-refractivity contribution in [2.24, 2.45) is 11.7 Å². The fourth-order valence-corrected chi connectivity index (χ4v) is 3.26. The molecule has 0 bridgehead atoms. The molecule has 1 aromatic heterocycles. The molecule has 4 heteroatoms. The molecule has 18 heavy (non-hydrogen) atoms. The molecule has 0 saturated carbocycles. The summed E-state index contributed by atoms with van der Waals surface area (Å²) in [5.41, 5.74) is 5.80. The molecule has 100 valence electrons. The van der Waals surface area contributed by atoms with Crippen LogP contribution in [0.3, 0.4) is 0 Å². The molecule has 1 aromatic rings. The van der Waals surface area contributed by atoms with Crippen LogP contribution in [0, 0.1) is 5.92 Å². The topological polar surface area (TPSA) is 46.3 Å². The van der Waals surface area contributed by atoms with Crippen molar-refractivity contribution in [3.63, 3.8) is 0 Å². The number of nitrogens with two attached hydrogens (primary N) is 1. The van der Waals surface area contributed by atoms with E-state index in [1.54, 1.807) is 11.3 Å². The summed E-state index contributed by atoms with van der Waals surface area (Å²) in [4.78, 5) is 15.5. The van der Waals surface area contributed by atoms with Crippen molar-refractivity contribution in [1.82, 2.24) is 4.90 Å². The first kappa shape index (κ1) is 13.6. The van der Waals surface area contributed by atoms with E-state index in [0.717, 1.165) is 31.8 Å². The SMILES string of the molecule is CC1CCN(C(=O)CC(CN)c2cccs2)CC1. The summed E-state index contributed by atoms with van der Waals surface area (Å²) in [7, 11) is 0. The minimum Gasteiger partial charge on any atom is -0.343 e. The predicted octanol–water partition coefficient (Wildman–Crippen LogP) is 2.44. The summed E-state index contributed by atoms with van der Waals surface area (Å²) < 4.78 is 0. The molecule has 2 heterocycles. The van der Waals surface area contributed by atoms with Gasteiger partial charge in [0.25, 0.3) is 0 Å². The van der Waals surface area contributed by atoms with Crippen LogP contribution < -0.4 is 5.73 Å². The number of hydrogen-bond acceptors (Lipinski definition) is 3. The number of hydrogen-bond donors (Lipinski definition) is 1. The minimum absolute atomic E-state index is 0.192. The van der Waals surface area contributed by atoms with Crippen LogP contribution in [0.2, 0.25) is 0 Å². The van der Waals surface area contributed by atoms with Gasteiger partial charge in [0.05, 0.1) is 0 Å². The lowest BCUT2D eigenvalue weighted by Gasteiger charge is -2.31. The Morgan fingerprint density at radius 3 is 2.83 bits per heavy atom. The van der Waals surface area contributed by atoms with E-state index in [-0.39, 0.29) is 11.8 Å². The molecule has 0 radical (unpaired) electrons. The highest BCUT2D eigenvalue weighted by Gasteiger charge is 2.23. The maximum atomic E-state index is 12.2. The van der Waals surface area contributed by atoms with Crippen molar-refractivity contribution in [3.05, 3.63) is 22.4 Å². The van der Waals surface area contributed by atoms with Gasteiger partial charge >= 0.3 is 0 Å². The zero-order valence-corrected chi connectivity index (χ0v) is 11.8. The predicted molar refractivity (Wildman–Crippen MR) is 75.7 cm³/mol. The molecular weight excluding hydrogens is 244 g/mol. The van der Waals surface area contributed by atoms with Crippen molar-refractivity contribution in [3.8, 4) is 0 Å². The largest absolute Gasteiger partial charge is 0.343 e. The van der Waals surface area contributed by atoms with E-state index in [1.807, 2.05) is 16.3 Å². The van der Waals surface area contributed by atoms with Gasteiger partial charge in [0.2, 0.25) is 5.91 Å². The van der Waals surface area contributed by atoms with Crippen LogP contribution in [0.15, 0.2) is 17.5 Å². The van der Waals surface area contributed by atoms with Gasteiger partial charge in [-0.3, -0.25) is 4.79 Å². The Morgan fingerprint density at radius 1 is 1.56 bits per heavy atom. The average molecular weight is 266 g/mol. The lowest BCUT2D eigenvalue weighted by atomic mass is 9.97. The lowest BCUT2D eigenvalue weighted by Crippen LogP contribution is -2.38. The Hall–Kier alpha value is -0.870. The summed E-state index contributed by atoms with van der Waals surface area (Å²) in [6.45, 7) is 4.65. The van der Waals surface area contributed by atoms with Gasteiger partial charge in [0.1, 0.15) is 0 Å². The third-order valence-electron chi connectivity index (χ3n) is 3.79. The van der Waals surface area contributed by atoms with Crippen LogP contribution in [0.5, 0.6) is 0 Å². The molecule has 1 fully saturated rings. The van der Waals surface area contributed by atoms with Crippen molar-refractivity contribution in [1.29, 1.82) is 0 Å². The summed E-state index contributed by atoms with van der Waals surface area (Å²) in [5, 5.41) is 2.05. The molecular formula is C14H22N2OS. The van der Waals surface area contributed by atoms with Crippen LogP contribution in [0.4, 0.5) is 0 Å². The van der Waals surface area contributed by atoms with E-state index < -0.39 is 0 Å². The molecule has 2 rings (SSSR count). The highest BCUT2D eigenvalue weighted by molar-refractivity contribution is 7.10. The van der Waals surface area contributed by atoms with Crippen LogP contribution in [-0.4, -0.2) is 30.4 Å². The van der Waals surface area contributed by atoms with Crippen LogP contribution >= 0.6 is 11.3 Å². The van der Waals surface area contributed by atoms with Gasteiger partial charge < -0.3 is 10.6 Å². The second-order valence-corrected chi connectivity index (χ2v) is 6.19. The number of amides is 1. The van der Waals surface area contributed by atoms with Crippen molar-refractivity contribution < 1.29 is 4.79 Å². The smallest absolute Gasteiger partial charge is 0.223 e. The zero-order valence-electron chi connectivity index (χ0n) is 11.0. The van der Waals surface area contributed by atoms with Crippen LogP contribution in [0.25, 0.3) is 0 Å². The summed E-state index contributed by atoms with van der Waals surface area (Å²) in [6, 6.07) is 4.10. The number of likely N-dealkylation sites (tertiary alicyclic amines) is 1. The summed E-state index contributed by atoms with van der Waals surface area (Å²) in [5.74, 6) is 1.22. The summed E-state index contributed by atoms with van der Waals surface area (Å²) >= 11 is 1.69. The van der Waals surface area contributed by atoms with Gasteiger partial charge in [-0.25, -0.2) is 0 Å². The van der Waals surface area contributed by atoms with Gasteiger partial charge in [-0.05, 0) is 30.2 Å². The minimum atomic E-state index is 0.192. The standard InChI is InChI=1S/C14H22N2OS/c1-11-4-6-16(7-5-11)14(17)9-12(10-15)13-3-2-8-18-13/h2-3,8,11-12H,4-7,9-10,15H2,1H3. The highest BCUT2D eigenvalue weighted by atomic mass is 32.1. The first-order valence-corrected chi connectivity index (χ1v) is 7.60. The second kappa shape index (κ2) is 6.34. The van der Waals surface area contributed by atoms with Gasteiger partial charge in [-0.2, -0.15) is 0 Å². The number of rotatable bonds is 4. The molecule has 0 spiro atoms. The molecule has 1 aliphatic heterocycles. The Kier molecular flexibility index (Phi) is 4.78. The van der Waals surface area contributed by atoms with Gasteiger partial charge in [0.15, 0.2) is 0 Å². The van der Waals surface area contributed by atoms with Crippen LogP contribution in [-0.2, 0) is 4.79 Å². The third-order valence-corrected chi connectivity index (χ3v) is 4.82. The van der Waals surface area contributed by atoms with Gasteiger partial charge in [0, 0.05) is 36.9 Å². The Morgan fingerprint density at radius 2 is 2.28 bits per heavy atom. The van der Waals surface area contributed by atoms with E-state index in [2.05, 4.69) is 13.0 Å². The quantitative estimate of drug-likeness (QED) is 0.910. The lowest BCUT2D eigenvalue weighted by molar-refractivity contribution is -0.132. The van der Waals surface area contributed by atoms with E-state index in [0.29, 0.717) is 13.0 Å². The maximum Gasteiger partial charge on any atom is 0.223 e. The van der Waals surface area contributed by atoms with Crippen LogP contribution in [0.1, 0.15) is 37.0 Å². The molecule has 3 nitrogen and oxygen atoms in total. The van der Waals surface area contributed by atoms with Crippen molar-refractivity contribution in [2.45, 2.75) is 32.1 Å². The van der Waals surface area contributed by atoms with Crippen molar-refractivity contribution >= 4 is 17.2 Å². The Balaban J connectivity index is 1.90. The molecule has 1 unspecified atom stereocenters. The normalized spacial score (nSPS) is 18.9. The van der Waals surface area contributed by atoms with E-state index >= 15 is 0 Å². The molecule has 0 aromatic carbocycles. The van der Waals surface area contributed by atoms with E-state index in [1.165, 1.54) is 4.88 Å². The second-order valence-electron chi connectivity index (χ2n) is 5.22. The number of carbonyl (C=O) groups is 1. The van der Waals surface area contributed by atoms with Gasteiger partial charge in [-0.1, -0.05) is 13.0 Å². The molecule has 1 aliphatic rings. The Bertz CT molecular complexity index is 369. The van der Waals surface area contributed by atoms with E-state index in [4.69, 9.17) is 5.73 Å². The van der Waals surface area contributed by atoms with Gasteiger partial charge in [-0.15, -0.1) is 11.3 Å². The average Bonchev–Trinajstić information content (AvgIpc) is 2.90. The fraction of sp³-hybridized carbons (Fsp3) is 0.643. The molecule has 2 N–H and O–H groups in total. The Labute approximate surface area is 113 Å². The highest BCUT2D eigenvalue weighted by Crippen LogP contribution is 2.25. The number of thiophene rings is 1. The first-order valence-electron chi connectivity index (χ1n) is 6.72. The van der Waals surface area contributed by atoms with E-state index in [9.17, 15) is 4.79 Å². The number of carbonyl (C=O) groups excluding carboxylic acids is 1. The summed E-state index contributed by atoms with van der Waals surface area (Å²) in [6.07, 6.45) is 2.83. The zero-order chi connectivity index (χ0) is 13.0. The third kappa shape index (κ3) is 3.33. The number of piperidine rings is 1. The molecule has 1 atom stereocenters. The van der Waals surface area contributed by atoms with Crippen molar-refractivity contribution in [2.75, 3.05) is 19.6 Å². The molecule has 1 saturated heterocycles. The monoisotopic (exact) mass is 266 g/mol. The number of nitrogens with zero attached hydrogens (tertiary/aromatic N) is 1.